The van der Waals surface area contributed by atoms with Crippen molar-refractivity contribution in [3.05, 3.63) is 65.2 Å². The standard InChI is InChI=1S/C19H20F3NO3/c1-14-2-8-17(9-3-14)26-12-18(24)23-10-15-4-6-16(7-5-15)11-25-13-19(20,21)22/h2-9H,10-13H2,1H3,(H,23,24). The van der Waals surface area contributed by atoms with Crippen LogP contribution in [-0.4, -0.2) is 25.3 Å². The van der Waals surface area contributed by atoms with Crippen molar-refractivity contribution >= 4 is 5.91 Å². The Balaban J connectivity index is 1.69. The minimum absolute atomic E-state index is 0.0908. The number of amides is 1. The number of halogens is 3. The quantitative estimate of drug-likeness (QED) is 0.773. The second-order valence-electron chi connectivity index (χ2n) is 5.80. The Morgan fingerprint density at radius 1 is 1.00 bits per heavy atom. The van der Waals surface area contributed by atoms with E-state index in [2.05, 4.69) is 10.1 Å². The molecule has 1 amide bonds. The van der Waals surface area contributed by atoms with Gasteiger partial charge in [-0.1, -0.05) is 42.0 Å². The molecule has 2 aromatic carbocycles. The molecule has 2 aromatic rings. The monoisotopic (exact) mass is 367 g/mol. The van der Waals surface area contributed by atoms with E-state index in [-0.39, 0.29) is 19.1 Å². The largest absolute Gasteiger partial charge is 0.484 e. The van der Waals surface area contributed by atoms with Gasteiger partial charge in [0.05, 0.1) is 6.61 Å². The molecule has 1 N–H and O–H groups in total. The van der Waals surface area contributed by atoms with Crippen molar-refractivity contribution in [2.45, 2.75) is 26.3 Å². The van der Waals surface area contributed by atoms with Gasteiger partial charge in [0.2, 0.25) is 0 Å². The van der Waals surface area contributed by atoms with Crippen LogP contribution < -0.4 is 10.1 Å². The molecule has 0 fully saturated rings. The third-order valence-electron chi connectivity index (χ3n) is 3.44. The molecule has 140 valence electrons. The zero-order chi connectivity index (χ0) is 19.0. The van der Waals surface area contributed by atoms with Crippen molar-refractivity contribution in [2.75, 3.05) is 13.2 Å². The first kappa shape index (κ1) is 19.8. The molecule has 0 aliphatic rings. The van der Waals surface area contributed by atoms with E-state index in [0.717, 1.165) is 11.1 Å². The summed E-state index contributed by atoms with van der Waals surface area (Å²) < 4.78 is 46.0. The van der Waals surface area contributed by atoms with Crippen LogP contribution in [0.5, 0.6) is 5.75 Å². The average molecular weight is 367 g/mol. The second kappa shape index (κ2) is 9.24. The van der Waals surface area contributed by atoms with Crippen LogP contribution in [0.2, 0.25) is 0 Å². The fourth-order valence-corrected chi connectivity index (χ4v) is 2.07. The first-order valence-corrected chi connectivity index (χ1v) is 8.00. The minimum atomic E-state index is -4.33. The van der Waals surface area contributed by atoms with Gasteiger partial charge in [-0.05, 0) is 30.2 Å². The molecule has 0 aliphatic heterocycles. The summed E-state index contributed by atoms with van der Waals surface area (Å²) >= 11 is 0. The summed E-state index contributed by atoms with van der Waals surface area (Å²) in [5.41, 5.74) is 2.56. The van der Waals surface area contributed by atoms with Crippen molar-refractivity contribution in [2.24, 2.45) is 0 Å². The maximum Gasteiger partial charge on any atom is 0.411 e. The molecule has 0 aromatic heterocycles. The van der Waals surface area contributed by atoms with Crippen molar-refractivity contribution in [3.63, 3.8) is 0 Å². The number of carbonyl (C=O) groups is 1. The van der Waals surface area contributed by atoms with Crippen LogP contribution in [0.1, 0.15) is 16.7 Å². The number of hydrogen-bond donors (Lipinski definition) is 1. The molecule has 0 unspecified atom stereocenters. The lowest BCUT2D eigenvalue weighted by Gasteiger charge is -2.09. The minimum Gasteiger partial charge on any atom is -0.484 e. The van der Waals surface area contributed by atoms with Gasteiger partial charge in [0, 0.05) is 6.54 Å². The summed E-state index contributed by atoms with van der Waals surface area (Å²) in [5, 5.41) is 2.72. The zero-order valence-electron chi connectivity index (χ0n) is 14.3. The summed E-state index contributed by atoms with van der Waals surface area (Å²) in [7, 11) is 0. The van der Waals surface area contributed by atoms with Crippen molar-refractivity contribution in [3.8, 4) is 5.75 Å². The normalized spacial score (nSPS) is 11.2. The highest BCUT2D eigenvalue weighted by molar-refractivity contribution is 5.77. The molecule has 0 saturated heterocycles. The van der Waals surface area contributed by atoms with Gasteiger partial charge in [-0.3, -0.25) is 4.79 Å². The SMILES string of the molecule is Cc1ccc(OCC(=O)NCc2ccc(COCC(F)(F)F)cc2)cc1. The molecule has 0 heterocycles. The van der Waals surface area contributed by atoms with Gasteiger partial charge in [0.25, 0.3) is 5.91 Å². The van der Waals surface area contributed by atoms with Gasteiger partial charge in [0.15, 0.2) is 6.61 Å². The highest BCUT2D eigenvalue weighted by atomic mass is 19.4. The number of benzene rings is 2. The molecular formula is C19H20F3NO3. The van der Waals surface area contributed by atoms with E-state index < -0.39 is 12.8 Å². The van der Waals surface area contributed by atoms with E-state index in [9.17, 15) is 18.0 Å². The average Bonchev–Trinajstić information content (AvgIpc) is 2.59. The van der Waals surface area contributed by atoms with Crippen LogP contribution in [-0.2, 0) is 22.7 Å². The fraction of sp³-hybridized carbons (Fsp3) is 0.316. The molecule has 0 atom stereocenters. The van der Waals surface area contributed by atoms with Gasteiger partial charge in [-0.15, -0.1) is 0 Å². The van der Waals surface area contributed by atoms with Crippen LogP contribution in [0.25, 0.3) is 0 Å². The van der Waals surface area contributed by atoms with E-state index in [4.69, 9.17) is 4.74 Å². The fourth-order valence-electron chi connectivity index (χ4n) is 2.07. The van der Waals surface area contributed by atoms with E-state index in [1.54, 1.807) is 36.4 Å². The van der Waals surface area contributed by atoms with Crippen LogP contribution >= 0.6 is 0 Å². The second-order valence-corrected chi connectivity index (χ2v) is 5.80. The Kier molecular flexibility index (Phi) is 7.03. The van der Waals surface area contributed by atoms with Crippen LogP contribution in [0.15, 0.2) is 48.5 Å². The Hall–Kier alpha value is -2.54. The van der Waals surface area contributed by atoms with Gasteiger partial charge >= 0.3 is 6.18 Å². The maximum atomic E-state index is 12.0. The smallest absolute Gasteiger partial charge is 0.411 e. The van der Waals surface area contributed by atoms with E-state index in [0.29, 0.717) is 17.9 Å². The predicted molar refractivity (Wildman–Crippen MR) is 90.7 cm³/mol. The van der Waals surface area contributed by atoms with Crippen LogP contribution in [0.4, 0.5) is 13.2 Å². The summed E-state index contributed by atoms with van der Waals surface area (Å²) in [6.07, 6.45) is -4.33. The molecule has 2 rings (SSSR count). The Labute approximate surface area is 149 Å². The van der Waals surface area contributed by atoms with Crippen molar-refractivity contribution in [1.82, 2.24) is 5.32 Å². The molecule has 0 saturated carbocycles. The lowest BCUT2D eigenvalue weighted by atomic mass is 10.1. The number of hydrogen-bond acceptors (Lipinski definition) is 3. The number of ether oxygens (including phenoxy) is 2. The van der Waals surface area contributed by atoms with Crippen molar-refractivity contribution < 1.29 is 27.4 Å². The highest BCUT2D eigenvalue weighted by Crippen LogP contribution is 2.16. The van der Waals surface area contributed by atoms with E-state index >= 15 is 0 Å². The van der Waals surface area contributed by atoms with Gasteiger partial charge in [-0.2, -0.15) is 13.2 Å². The Morgan fingerprint density at radius 2 is 1.62 bits per heavy atom. The molecule has 0 aliphatic carbocycles. The lowest BCUT2D eigenvalue weighted by Crippen LogP contribution is -2.28. The number of rotatable bonds is 8. The molecule has 26 heavy (non-hydrogen) atoms. The summed E-state index contributed by atoms with van der Waals surface area (Å²) in [5.74, 6) is 0.358. The third kappa shape index (κ3) is 7.57. The molecular weight excluding hydrogens is 347 g/mol. The third-order valence-corrected chi connectivity index (χ3v) is 3.44. The van der Waals surface area contributed by atoms with Gasteiger partial charge in [0.1, 0.15) is 12.4 Å². The molecule has 0 bridgehead atoms. The predicted octanol–water partition coefficient (Wildman–Crippen LogP) is 3.77. The molecule has 7 heteroatoms. The lowest BCUT2D eigenvalue weighted by molar-refractivity contribution is -0.176. The van der Waals surface area contributed by atoms with Gasteiger partial charge < -0.3 is 14.8 Å². The highest BCUT2D eigenvalue weighted by Gasteiger charge is 2.27. The summed E-state index contributed by atoms with van der Waals surface area (Å²) in [6, 6.07) is 14.2. The topological polar surface area (TPSA) is 47.6 Å². The first-order chi connectivity index (χ1) is 12.3. The number of aryl methyl sites for hydroxylation is 1. The number of nitrogens with one attached hydrogen (secondary N) is 1. The number of carbonyl (C=O) groups excluding carboxylic acids is 1. The summed E-state index contributed by atoms with van der Waals surface area (Å²) in [6.45, 7) is 0.790. The Morgan fingerprint density at radius 3 is 2.23 bits per heavy atom. The molecule has 4 nitrogen and oxygen atoms in total. The van der Waals surface area contributed by atoms with Crippen LogP contribution in [0.3, 0.4) is 0 Å². The number of alkyl halides is 3. The zero-order valence-corrected chi connectivity index (χ0v) is 14.3. The molecule has 0 spiro atoms. The summed E-state index contributed by atoms with van der Waals surface area (Å²) in [4.78, 5) is 11.8. The van der Waals surface area contributed by atoms with Crippen molar-refractivity contribution in [1.29, 1.82) is 0 Å². The van der Waals surface area contributed by atoms with Crippen LogP contribution in [0, 0.1) is 6.92 Å². The van der Waals surface area contributed by atoms with E-state index in [1.807, 2.05) is 19.1 Å². The maximum absolute atomic E-state index is 12.0. The first-order valence-electron chi connectivity index (χ1n) is 8.00. The molecule has 0 radical (unpaired) electrons. The Bertz CT molecular complexity index is 697. The van der Waals surface area contributed by atoms with Gasteiger partial charge in [-0.25, -0.2) is 0 Å². The van der Waals surface area contributed by atoms with E-state index in [1.165, 1.54) is 0 Å².